The lowest BCUT2D eigenvalue weighted by molar-refractivity contribution is -0.133. The Kier molecular flexibility index (Phi) is 4.25. The van der Waals surface area contributed by atoms with Crippen molar-refractivity contribution in [3.05, 3.63) is 27.4 Å². The van der Waals surface area contributed by atoms with Gasteiger partial charge in [-0.2, -0.15) is 0 Å². The average Bonchev–Trinajstić information content (AvgIpc) is 3.08. The van der Waals surface area contributed by atoms with E-state index in [0.29, 0.717) is 30.0 Å². The van der Waals surface area contributed by atoms with E-state index in [1.807, 2.05) is 0 Å². The number of carbonyl (C=O) groups excluding carboxylic acids is 1. The Balaban J connectivity index is 1.67. The Morgan fingerprint density at radius 1 is 1.38 bits per heavy atom. The van der Waals surface area contributed by atoms with Crippen LogP contribution in [0.3, 0.4) is 0 Å². The highest BCUT2D eigenvalue weighted by molar-refractivity contribution is 7.91. The van der Waals surface area contributed by atoms with Crippen molar-refractivity contribution in [3.63, 3.8) is 0 Å². The molecule has 3 rings (SSSR count). The lowest BCUT2D eigenvalue weighted by atomic mass is 10.2. The van der Waals surface area contributed by atoms with E-state index < -0.39 is 9.84 Å². The summed E-state index contributed by atoms with van der Waals surface area (Å²) >= 11 is 0. The molecule has 3 heterocycles. The fourth-order valence-electron chi connectivity index (χ4n) is 3.27. The molecule has 0 saturated carbocycles. The molecule has 0 bridgehead atoms. The van der Waals surface area contributed by atoms with Crippen LogP contribution < -0.4 is 5.56 Å². The van der Waals surface area contributed by atoms with Gasteiger partial charge in [0.2, 0.25) is 5.91 Å². The molecule has 0 N–H and O–H groups in total. The molecule has 1 aromatic rings. The molecule has 132 valence electrons. The standard InChI is InChI=1S/C15H22N4O4S/c1-10-16-13-7-19(6-12(13)15(21)18(10)3)14(20)8-17(2)11-4-5-24(22,23)9-11/h11H,4-9H2,1-3H3/t11-/m0/s1. The zero-order chi connectivity index (χ0) is 17.6. The van der Waals surface area contributed by atoms with Crippen molar-refractivity contribution < 1.29 is 13.2 Å². The summed E-state index contributed by atoms with van der Waals surface area (Å²) in [6.45, 7) is 2.51. The van der Waals surface area contributed by atoms with Crippen molar-refractivity contribution in [3.8, 4) is 0 Å². The lowest BCUT2D eigenvalue weighted by Crippen LogP contribution is -2.41. The number of rotatable bonds is 3. The van der Waals surface area contributed by atoms with Crippen LogP contribution in [0.1, 0.15) is 23.5 Å². The fraction of sp³-hybridized carbons (Fsp3) is 0.667. The monoisotopic (exact) mass is 354 g/mol. The van der Waals surface area contributed by atoms with Gasteiger partial charge in [0.15, 0.2) is 9.84 Å². The van der Waals surface area contributed by atoms with Gasteiger partial charge in [0.05, 0.1) is 42.4 Å². The number of nitrogens with zero attached hydrogens (tertiary/aromatic N) is 4. The first-order chi connectivity index (χ1) is 11.2. The molecule has 1 amide bonds. The number of aromatic nitrogens is 2. The van der Waals surface area contributed by atoms with Crippen LogP contribution in [0.4, 0.5) is 0 Å². The Bertz CT molecular complexity index is 846. The third-order valence-corrected chi connectivity index (χ3v) is 6.70. The van der Waals surface area contributed by atoms with Gasteiger partial charge in [0, 0.05) is 13.1 Å². The topological polar surface area (TPSA) is 92.6 Å². The molecule has 0 aromatic carbocycles. The predicted molar refractivity (Wildman–Crippen MR) is 88.2 cm³/mol. The minimum absolute atomic E-state index is 0.108. The molecule has 8 nitrogen and oxygen atoms in total. The van der Waals surface area contributed by atoms with Crippen molar-refractivity contribution in [2.75, 3.05) is 25.1 Å². The van der Waals surface area contributed by atoms with E-state index in [-0.39, 0.29) is 42.1 Å². The Hall–Kier alpha value is -1.74. The van der Waals surface area contributed by atoms with Gasteiger partial charge in [0.1, 0.15) is 5.82 Å². The zero-order valence-electron chi connectivity index (χ0n) is 14.2. The van der Waals surface area contributed by atoms with Crippen LogP contribution in [0.15, 0.2) is 4.79 Å². The molecule has 0 unspecified atom stereocenters. The van der Waals surface area contributed by atoms with Gasteiger partial charge >= 0.3 is 0 Å². The van der Waals surface area contributed by atoms with E-state index in [1.54, 1.807) is 30.8 Å². The molecule has 1 aromatic heterocycles. The number of hydrogen-bond donors (Lipinski definition) is 0. The summed E-state index contributed by atoms with van der Waals surface area (Å²) in [6, 6.07) is -0.114. The molecule has 0 aliphatic carbocycles. The lowest BCUT2D eigenvalue weighted by Gasteiger charge is -2.25. The van der Waals surface area contributed by atoms with Crippen LogP contribution in [0, 0.1) is 6.92 Å². The van der Waals surface area contributed by atoms with E-state index in [1.165, 1.54) is 4.57 Å². The van der Waals surface area contributed by atoms with E-state index in [9.17, 15) is 18.0 Å². The van der Waals surface area contributed by atoms with Gasteiger partial charge in [-0.25, -0.2) is 13.4 Å². The molecule has 2 aliphatic heterocycles. The summed E-state index contributed by atoms with van der Waals surface area (Å²) in [6.07, 6.45) is 0.563. The molecule has 1 atom stereocenters. The Morgan fingerprint density at radius 3 is 2.71 bits per heavy atom. The van der Waals surface area contributed by atoms with E-state index >= 15 is 0 Å². The van der Waals surface area contributed by atoms with E-state index in [4.69, 9.17) is 0 Å². The summed E-state index contributed by atoms with van der Waals surface area (Å²) in [7, 11) is 0.467. The highest BCUT2D eigenvalue weighted by atomic mass is 32.2. The maximum Gasteiger partial charge on any atom is 0.258 e. The summed E-state index contributed by atoms with van der Waals surface area (Å²) in [5, 5.41) is 0. The van der Waals surface area contributed by atoms with Crippen molar-refractivity contribution in [1.29, 1.82) is 0 Å². The van der Waals surface area contributed by atoms with Gasteiger partial charge in [0.25, 0.3) is 5.56 Å². The highest BCUT2D eigenvalue weighted by Gasteiger charge is 2.33. The molecule has 9 heteroatoms. The predicted octanol–water partition coefficient (Wildman–Crippen LogP) is -0.950. The smallest absolute Gasteiger partial charge is 0.258 e. The molecular formula is C15H22N4O4S. The third-order valence-electron chi connectivity index (χ3n) is 4.95. The molecule has 24 heavy (non-hydrogen) atoms. The van der Waals surface area contributed by atoms with E-state index in [0.717, 1.165) is 0 Å². The van der Waals surface area contributed by atoms with Crippen molar-refractivity contribution in [2.24, 2.45) is 7.05 Å². The second kappa shape index (κ2) is 5.96. The SMILES string of the molecule is Cc1nc2c(c(=O)n1C)CN(C(=O)CN(C)[C@H]1CCS(=O)(=O)C1)C2. The maximum absolute atomic E-state index is 12.5. The van der Waals surface area contributed by atoms with Crippen LogP contribution >= 0.6 is 0 Å². The quantitative estimate of drug-likeness (QED) is 0.695. The van der Waals surface area contributed by atoms with E-state index in [2.05, 4.69) is 4.98 Å². The normalized spacial score (nSPS) is 22.2. The summed E-state index contributed by atoms with van der Waals surface area (Å²) in [4.78, 5) is 32.6. The van der Waals surface area contributed by atoms with Gasteiger partial charge in [-0.05, 0) is 20.4 Å². The van der Waals surface area contributed by atoms with Gasteiger partial charge in [-0.1, -0.05) is 0 Å². The summed E-state index contributed by atoms with van der Waals surface area (Å²) in [5.74, 6) is 0.809. The number of carbonyl (C=O) groups is 1. The van der Waals surface area contributed by atoms with Crippen LogP contribution in [-0.2, 0) is 34.8 Å². The molecule has 1 fully saturated rings. The Labute approximate surface area is 141 Å². The summed E-state index contributed by atoms with van der Waals surface area (Å²) < 4.78 is 24.6. The maximum atomic E-state index is 12.5. The number of amides is 1. The number of hydrogen-bond acceptors (Lipinski definition) is 6. The Morgan fingerprint density at radius 2 is 2.08 bits per heavy atom. The number of likely N-dealkylation sites (N-methyl/N-ethyl adjacent to an activating group) is 1. The van der Waals surface area contributed by atoms with Crippen molar-refractivity contribution >= 4 is 15.7 Å². The van der Waals surface area contributed by atoms with Crippen LogP contribution in [0.2, 0.25) is 0 Å². The second-order valence-electron chi connectivity index (χ2n) is 6.67. The van der Waals surface area contributed by atoms with Gasteiger partial charge in [-0.3, -0.25) is 19.1 Å². The van der Waals surface area contributed by atoms with Crippen LogP contribution in [0.5, 0.6) is 0 Å². The van der Waals surface area contributed by atoms with Gasteiger partial charge in [-0.15, -0.1) is 0 Å². The fourth-order valence-corrected chi connectivity index (χ4v) is 5.07. The largest absolute Gasteiger partial charge is 0.331 e. The minimum Gasteiger partial charge on any atom is -0.331 e. The number of sulfone groups is 1. The summed E-state index contributed by atoms with van der Waals surface area (Å²) in [5.41, 5.74) is 1.13. The van der Waals surface area contributed by atoms with Crippen LogP contribution in [0.25, 0.3) is 0 Å². The molecule has 1 saturated heterocycles. The third kappa shape index (κ3) is 3.10. The number of fused-ring (bicyclic) bond motifs is 1. The molecule has 0 spiro atoms. The van der Waals surface area contributed by atoms with Gasteiger partial charge < -0.3 is 4.90 Å². The molecule has 0 radical (unpaired) electrons. The highest BCUT2D eigenvalue weighted by Crippen LogP contribution is 2.20. The number of aryl methyl sites for hydroxylation is 1. The average molecular weight is 354 g/mol. The van der Waals surface area contributed by atoms with Crippen LogP contribution in [-0.4, -0.2) is 64.8 Å². The zero-order valence-corrected chi connectivity index (χ0v) is 15.0. The van der Waals surface area contributed by atoms with Crippen molar-refractivity contribution in [2.45, 2.75) is 32.5 Å². The second-order valence-corrected chi connectivity index (χ2v) is 8.90. The molecule has 2 aliphatic rings. The minimum atomic E-state index is -2.97. The molecular weight excluding hydrogens is 332 g/mol. The first-order valence-electron chi connectivity index (χ1n) is 7.92. The first-order valence-corrected chi connectivity index (χ1v) is 9.74. The van der Waals surface area contributed by atoms with Crippen molar-refractivity contribution in [1.82, 2.24) is 19.4 Å². The first kappa shape index (κ1) is 17.1.